The van der Waals surface area contributed by atoms with Gasteiger partial charge in [-0.05, 0) is 25.1 Å². The summed E-state index contributed by atoms with van der Waals surface area (Å²) in [6.45, 7) is 2.31. The second kappa shape index (κ2) is 6.19. The maximum Gasteiger partial charge on any atom is 0.337 e. The summed E-state index contributed by atoms with van der Waals surface area (Å²) in [5.41, 5.74) is 0.325. The Morgan fingerprint density at radius 2 is 2.20 bits per heavy atom. The monoisotopic (exact) mass is 313 g/mol. The summed E-state index contributed by atoms with van der Waals surface area (Å²) in [5.74, 6) is -0.171. The van der Waals surface area contributed by atoms with Crippen LogP contribution in [0.15, 0.2) is 28.9 Å². The lowest BCUT2D eigenvalue weighted by Gasteiger charge is -2.17. The minimum absolute atomic E-state index is 0.0530. The van der Waals surface area contributed by atoms with Crippen LogP contribution in [0.2, 0.25) is 5.02 Å². The summed E-state index contributed by atoms with van der Waals surface area (Å²) in [6, 6.07) is 4.32. The molecule has 0 saturated heterocycles. The molecule has 0 spiro atoms. The van der Waals surface area contributed by atoms with Crippen LogP contribution in [0.25, 0.3) is 0 Å². The number of carboxylic acids is 1. The van der Waals surface area contributed by atoms with E-state index in [4.69, 9.17) is 21.4 Å². The molecule has 0 aliphatic carbocycles. The van der Waals surface area contributed by atoms with Crippen LogP contribution in [0.3, 0.4) is 0 Å². The molecule has 1 aliphatic heterocycles. The highest BCUT2D eigenvalue weighted by Gasteiger charge is 2.19. The van der Waals surface area contributed by atoms with E-state index in [0.717, 1.165) is 0 Å². The van der Waals surface area contributed by atoms with E-state index in [1.807, 2.05) is 0 Å². The van der Waals surface area contributed by atoms with Gasteiger partial charge < -0.3 is 15.2 Å². The number of nitrogens with one attached hydrogen (secondary N) is 1. The molecule has 106 valence electrons. The summed E-state index contributed by atoms with van der Waals surface area (Å²) in [6.07, 6.45) is 0. The number of allylic oxidation sites excluding steroid dienone is 1. The molecule has 0 atom stereocenters. The second-order valence-corrected chi connectivity index (χ2v) is 5.55. The van der Waals surface area contributed by atoms with Gasteiger partial charge in [0.1, 0.15) is 10.7 Å². The Kier molecular flexibility index (Phi) is 4.57. The predicted molar refractivity (Wildman–Crippen MR) is 78.2 cm³/mol. The topological polar surface area (TPSA) is 75.6 Å². The van der Waals surface area contributed by atoms with Crippen LogP contribution >= 0.6 is 23.4 Å². The van der Waals surface area contributed by atoms with Crippen molar-refractivity contribution in [1.82, 2.24) is 0 Å². The Bertz CT molecular complexity index is 600. The Balaban J connectivity index is 2.20. The standard InChI is InChI=1S/C13H12ClNO4S/c1-7-11(20-5-4-19-7)12(16)15-8-2-3-10(14)9(6-8)13(17)18/h2-3,6H,4-5H2,1H3,(H,15,16)(H,17,18). The first-order valence-electron chi connectivity index (χ1n) is 5.79. The maximum absolute atomic E-state index is 12.1. The number of carbonyl (C=O) groups excluding carboxylic acids is 1. The third-order valence-corrected chi connectivity index (χ3v) is 4.09. The van der Waals surface area contributed by atoms with Gasteiger partial charge in [0, 0.05) is 11.4 Å². The quantitative estimate of drug-likeness (QED) is 0.897. The average Bonchev–Trinajstić information content (AvgIpc) is 2.41. The van der Waals surface area contributed by atoms with Crippen molar-refractivity contribution in [1.29, 1.82) is 0 Å². The zero-order valence-corrected chi connectivity index (χ0v) is 12.2. The SMILES string of the molecule is CC1=C(C(=O)Nc2ccc(Cl)c(C(=O)O)c2)SCCO1. The van der Waals surface area contributed by atoms with Gasteiger partial charge in [-0.3, -0.25) is 4.79 Å². The Morgan fingerprint density at radius 3 is 2.85 bits per heavy atom. The molecule has 0 saturated carbocycles. The number of rotatable bonds is 3. The van der Waals surface area contributed by atoms with Crippen molar-refractivity contribution in [2.24, 2.45) is 0 Å². The largest absolute Gasteiger partial charge is 0.496 e. The number of halogens is 1. The van der Waals surface area contributed by atoms with E-state index in [9.17, 15) is 9.59 Å². The van der Waals surface area contributed by atoms with E-state index in [0.29, 0.717) is 28.7 Å². The van der Waals surface area contributed by atoms with Crippen molar-refractivity contribution >= 4 is 40.9 Å². The summed E-state index contributed by atoms with van der Waals surface area (Å²) >= 11 is 7.19. The molecule has 7 heteroatoms. The second-order valence-electron chi connectivity index (χ2n) is 4.04. The fourth-order valence-corrected chi connectivity index (χ4v) is 2.70. The number of benzene rings is 1. The van der Waals surface area contributed by atoms with Gasteiger partial charge in [-0.2, -0.15) is 0 Å². The Hall–Kier alpha value is -1.66. The fourth-order valence-electron chi connectivity index (χ4n) is 1.69. The molecular weight excluding hydrogens is 302 g/mol. The first-order chi connectivity index (χ1) is 9.49. The first kappa shape index (κ1) is 14.7. The molecule has 0 bridgehead atoms. The van der Waals surface area contributed by atoms with Gasteiger partial charge in [-0.1, -0.05) is 11.6 Å². The van der Waals surface area contributed by atoms with E-state index >= 15 is 0 Å². The summed E-state index contributed by atoms with van der Waals surface area (Å²) in [7, 11) is 0. The third kappa shape index (κ3) is 3.26. The molecular formula is C13H12ClNO4S. The van der Waals surface area contributed by atoms with Gasteiger partial charge in [0.2, 0.25) is 0 Å². The summed E-state index contributed by atoms with van der Waals surface area (Å²) in [5, 5.41) is 11.8. The highest BCUT2D eigenvalue weighted by atomic mass is 35.5. The lowest BCUT2D eigenvalue weighted by Crippen LogP contribution is -2.18. The lowest BCUT2D eigenvalue weighted by molar-refractivity contribution is -0.112. The van der Waals surface area contributed by atoms with Crippen LogP contribution in [0.1, 0.15) is 17.3 Å². The van der Waals surface area contributed by atoms with Crippen molar-refractivity contribution in [3.63, 3.8) is 0 Å². The number of anilines is 1. The average molecular weight is 314 g/mol. The van der Waals surface area contributed by atoms with E-state index in [1.165, 1.54) is 23.9 Å². The van der Waals surface area contributed by atoms with Crippen molar-refractivity contribution in [2.75, 3.05) is 17.7 Å². The number of carbonyl (C=O) groups is 2. The van der Waals surface area contributed by atoms with Crippen molar-refractivity contribution in [3.8, 4) is 0 Å². The molecule has 1 aromatic rings. The lowest BCUT2D eigenvalue weighted by atomic mass is 10.2. The third-order valence-electron chi connectivity index (χ3n) is 2.63. The number of amides is 1. The molecule has 0 fully saturated rings. The maximum atomic E-state index is 12.1. The molecule has 2 rings (SSSR count). The van der Waals surface area contributed by atoms with Gasteiger partial charge in [0.25, 0.3) is 5.91 Å². The van der Waals surface area contributed by atoms with Crippen molar-refractivity contribution < 1.29 is 19.4 Å². The predicted octanol–water partition coefficient (Wildman–Crippen LogP) is 2.97. The fraction of sp³-hybridized carbons (Fsp3) is 0.231. The molecule has 20 heavy (non-hydrogen) atoms. The number of hydrogen-bond acceptors (Lipinski definition) is 4. The molecule has 1 aromatic carbocycles. The van der Waals surface area contributed by atoms with E-state index in [1.54, 1.807) is 13.0 Å². The van der Waals surface area contributed by atoms with Crippen LogP contribution in [-0.4, -0.2) is 29.3 Å². The first-order valence-corrected chi connectivity index (χ1v) is 7.16. The van der Waals surface area contributed by atoms with Crippen LogP contribution < -0.4 is 5.32 Å². The van der Waals surface area contributed by atoms with Crippen molar-refractivity contribution in [3.05, 3.63) is 39.4 Å². The van der Waals surface area contributed by atoms with E-state index in [2.05, 4.69) is 5.32 Å². The van der Waals surface area contributed by atoms with Gasteiger partial charge in [0.05, 0.1) is 17.2 Å². The van der Waals surface area contributed by atoms with Gasteiger partial charge in [-0.25, -0.2) is 4.79 Å². The summed E-state index contributed by atoms with van der Waals surface area (Å²) < 4.78 is 5.31. The minimum Gasteiger partial charge on any atom is -0.496 e. The molecule has 1 amide bonds. The van der Waals surface area contributed by atoms with E-state index < -0.39 is 5.97 Å². The number of thioether (sulfide) groups is 1. The number of hydrogen-bond donors (Lipinski definition) is 2. The van der Waals surface area contributed by atoms with Crippen LogP contribution in [0.5, 0.6) is 0 Å². The Labute approximate surface area is 124 Å². The molecule has 0 aromatic heterocycles. The van der Waals surface area contributed by atoms with Crippen molar-refractivity contribution in [2.45, 2.75) is 6.92 Å². The van der Waals surface area contributed by atoms with Gasteiger partial charge in [0.15, 0.2) is 0 Å². The number of aromatic carboxylic acids is 1. The smallest absolute Gasteiger partial charge is 0.337 e. The molecule has 2 N–H and O–H groups in total. The molecule has 1 aliphatic rings. The van der Waals surface area contributed by atoms with Gasteiger partial charge in [-0.15, -0.1) is 11.8 Å². The minimum atomic E-state index is -1.14. The number of carboxylic acid groups (broad SMARTS) is 1. The van der Waals surface area contributed by atoms with E-state index in [-0.39, 0.29) is 16.5 Å². The highest BCUT2D eigenvalue weighted by Crippen LogP contribution is 2.27. The normalized spacial score (nSPS) is 14.7. The van der Waals surface area contributed by atoms with Crippen LogP contribution in [0, 0.1) is 0 Å². The molecule has 0 radical (unpaired) electrons. The highest BCUT2D eigenvalue weighted by molar-refractivity contribution is 8.04. The zero-order valence-electron chi connectivity index (χ0n) is 10.6. The molecule has 0 unspecified atom stereocenters. The van der Waals surface area contributed by atoms with Crippen LogP contribution in [0.4, 0.5) is 5.69 Å². The van der Waals surface area contributed by atoms with Crippen LogP contribution in [-0.2, 0) is 9.53 Å². The summed E-state index contributed by atoms with van der Waals surface area (Å²) in [4.78, 5) is 23.6. The molecule has 1 heterocycles. The zero-order chi connectivity index (χ0) is 14.7. The number of ether oxygens (including phenoxy) is 1. The Morgan fingerprint density at radius 1 is 1.45 bits per heavy atom. The van der Waals surface area contributed by atoms with Gasteiger partial charge >= 0.3 is 5.97 Å². The molecule has 5 nitrogen and oxygen atoms in total.